The van der Waals surface area contributed by atoms with Crippen molar-refractivity contribution in [3.05, 3.63) is 48.7 Å². The number of fused-ring (bicyclic) bond motifs is 1. The van der Waals surface area contributed by atoms with E-state index in [1.165, 1.54) is 6.26 Å². The minimum Gasteiger partial charge on any atom is -0.463 e. The summed E-state index contributed by atoms with van der Waals surface area (Å²) >= 11 is 0. The van der Waals surface area contributed by atoms with Crippen LogP contribution in [-0.4, -0.2) is 12.5 Å². The van der Waals surface area contributed by atoms with Crippen molar-refractivity contribution in [1.82, 2.24) is 5.32 Å². The first-order valence-electron chi connectivity index (χ1n) is 5.18. The molecule has 0 radical (unpaired) electrons. The lowest BCUT2D eigenvalue weighted by molar-refractivity contribution is 0.0955. The molecule has 3 nitrogen and oxygen atoms in total. The quantitative estimate of drug-likeness (QED) is 0.629. The van der Waals surface area contributed by atoms with E-state index < -0.39 is 0 Å². The number of hydrogen-bond acceptors (Lipinski definition) is 2. The van der Waals surface area contributed by atoms with Crippen molar-refractivity contribution < 1.29 is 9.21 Å². The van der Waals surface area contributed by atoms with Crippen molar-refractivity contribution in [3.63, 3.8) is 0 Å². The van der Waals surface area contributed by atoms with Crippen LogP contribution in [0.1, 0.15) is 16.8 Å². The predicted molar refractivity (Wildman–Crippen MR) is 63.4 cm³/mol. The van der Waals surface area contributed by atoms with Crippen molar-refractivity contribution >= 4 is 16.9 Å². The number of benzene rings is 1. The summed E-state index contributed by atoms with van der Waals surface area (Å²) in [6.45, 7) is 4.20. The molecule has 0 saturated heterocycles. The van der Waals surface area contributed by atoms with Gasteiger partial charge in [0.2, 0.25) is 0 Å². The summed E-state index contributed by atoms with van der Waals surface area (Å²) < 4.78 is 5.30. The molecule has 0 aliphatic carbocycles. The van der Waals surface area contributed by atoms with Crippen LogP contribution in [0.2, 0.25) is 0 Å². The van der Waals surface area contributed by atoms with Crippen LogP contribution in [0.5, 0.6) is 0 Å². The number of hydrogen-bond donors (Lipinski definition) is 1. The molecule has 1 heterocycles. The molecule has 0 aliphatic rings. The monoisotopic (exact) mass is 215 g/mol. The van der Waals surface area contributed by atoms with E-state index in [2.05, 4.69) is 11.9 Å². The van der Waals surface area contributed by atoms with E-state index in [-0.39, 0.29) is 5.91 Å². The molecule has 0 unspecified atom stereocenters. The lowest BCUT2D eigenvalue weighted by atomic mass is 10.1. The molecular weight excluding hydrogens is 202 g/mol. The van der Waals surface area contributed by atoms with Crippen molar-refractivity contribution in [1.29, 1.82) is 0 Å². The number of rotatable bonds is 4. The standard InChI is InChI=1S/C13H13NO2/c1-2-3-8-14-13(15)11-9-16-12-7-5-4-6-10(11)12/h2,4-7,9H,1,3,8H2,(H,14,15). The van der Waals surface area contributed by atoms with Gasteiger partial charge in [0.25, 0.3) is 5.91 Å². The van der Waals surface area contributed by atoms with Crippen molar-refractivity contribution in [2.24, 2.45) is 0 Å². The molecule has 16 heavy (non-hydrogen) atoms. The van der Waals surface area contributed by atoms with Gasteiger partial charge in [-0.3, -0.25) is 4.79 Å². The van der Waals surface area contributed by atoms with Gasteiger partial charge in [-0.15, -0.1) is 6.58 Å². The van der Waals surface area contributed by atoms with Crippen LogP contribution in [0, 0.1) is 0 Å². The van der Waals surface area contributed by atoms with Crippen LogP contribution in [0.3, 0.4) is 0 Å². The van der Waals surface area contributed by atoms with Crippen molar-refractivity contribution in [2.45, 2.75) is 6.42 Å². The fourth-order valence-electron chi connectivity index (χ4n) is 1.54. The molecule has 1 amide bonds. The van der Waals surface area contributed by atoms with Gasteiger partial charge in [0.05, 0.1) is 5.56 Å². The summed E-state index contributed by atoms with van der Waals surface area (Å²) in [6, 6.07) is 7.49. The molecule has 0 spiro atoms. The van der Waals surface area contributed by atoms with E-state index >= 15 is 0 Å². The SMILES string of the molecule is C=CCCNC(=O)c1coc2ccccc12. The largest absolute Gasteiger partial charge is 0.463 e. The average Bonchev–Trinajstić information content (AvgIpc) is 2.73. The molecule has 1 aromatic carbocycles. The third-order valence-electron chi connectivity index (χ3n) is 2.36. The topological polar surface area (TPSA) is 42.2 Å². The number of carbonyl (C=O) groups is 1. The normalized spacial score (nSPS) is 10.2. The van der Waals surface area contributed by atoms with Gasteiger partial charge in [0, 0.05) is 11.9 Å². The zero-order valence-corrected chi connectivity index (χ0v) is 8.90. The Morgan fingerprint density at radius 2 is 2.25 bits per heavy atom. The Balaban J connectivity index is 2.19. The maximum absolute atomic E-state index is 11.8. The molecule has 0 fully saturated rings. The molecule has 0 aliphatic heterocycles. The van der Waals surface area contributed by atoms with Crippen LogP contribution in [0.25, 0.3) is 11.0 Å². The zero-order valence-electron chi connectivity index (χ0n) is 8.90. The summed E-state index contributed by atoms with van der Waals surface area (Å²) in [4.78, 5) is 11.8. The number of nitrogens with one attached hydrogen (secondary N) is 1. The number of amides is 1. The Morgan fingerprint density at radius 3 is 3.06 bits per heavy atom. The minimum atomic E-state index is -0.105. The zero-order chi connectivity index (χ0) is 11.4. The second kappa shape index (κ2) is 4.66. The average molecular weight is 215 g/mol. The van der Waals surface area contributed by atoms with Gasteiger partial charge in [0.1, 0.15) is 11.8 Å². The molecule has 0 bridgehead atoms. The molecule has 2 rings (SSSR count). The van der Waals surface area contributed by atoms with Crippen molar-refractivity contribution in [3.8, 4) is 0 Å². The molecule has 0 atom stereocenters. The van der Waals surface area contributed by atoms with Gasteiger partial charge in [-0.1, -0.05) is 24.3 Å². The van der Waals surface area contributed by atoms with E-state index in [4.69, 9.17) is 4.42 Å². The Labute approximate surface area is 93.8 Å². The van der Waals surface area contributed by atoms with Gasteiger partial charge in [-0.05, 0) is 12.5 Å². The second-order valence-electron chi connectivity index (χ2n) is 3.48. The Bertz CT molecular complexity index is 513. The van der Waals surface area contributed by atoms with Crippen LogP contribution < -0.4 is 5.32 Å². The minimum absolute atomic E-state index is 0.105. The van der Waals surface area contributed by atoms with Gasteiger partial charge >= 0.3 is 0 Å². The maximum Gasteiger partial charge on any atom is 0.255 e. The van der Waals surface area contributed by atoms with E-state index in [1.807, 2.05) is 24.3 Å². The number of furan rings is 1. The molecule has 1 N–H and O–H groups in total. The van der Waals surface area contributed by atoms with E-state index in [0.29, 0.717) is 12.1 Å². The predicted octanol–water partition coefficient (Wildman–Crippen LogP) is 2.74. The lowest BCUT2D eigenvalue weighted by Crippen LogP contribution is -2.23. The molecule has 0 saturated carbocycles. The highest BCUT2D eigenvalue weighted by Gasteiger charge is 2.11. The highest BCUT2D eigenvalue weighted by Crippen LogP contribution is 2.20. The summed E-state index contributed by atoms with van der Waals surface area (Å²) in [5, 5.41) is 3.65. The highest BCUT2D eigenvalue weighted by molar-refractivity contribution is 6.05. The van der Waals surface area contributed by atoms with Gasteiger partial charge in [0.15, 0.2) is 0 Å². The highest BCUT2D eigenvalue weighted by atomic mass is 16.3. The third-order valence-corrected chi connectivity index (χ3v) is 2.36. The first kappa shape index (κ1) is 10.5. The van der Waals surface area contributed by atoms with Crippen LogP contribution >= 0.6 is 0 Å². The molecule has 3 heteroatoms. The smallest absolute Gasteiger partial charge is 0.255 e. The summed E-state index contributed by atoms with van der Waals surface area (Å²) in [7, 11) is 0. The Morgan fingerprint density at radius 1 is 1.44 bits per heavy atom. The Kier molecular flexibility index (Phi) is 3.05. The first-order chi connectivity index (χ1) is 7.83. The van der Waals surface area contributed by atoms with Crippen molar-refractivity contribution in [2.75, 3.05) is 6.54 Å². The molecule has 1 aromatic heterocycles. The summed E-state index contributed by atoms with van der Waals surface area (Å²) in [5.41, 5.74) is 1.32. The van der Waals surface area contributed by atoms with E-state index in [9.17, 15) is 4.79 Å². The lowest BCUT2D eigenvalue weighted by Gasteiger charge is -2.00. The maximum atomic E-state index is 11.8. The fourth-order valence-corrected chi connectivity index (χ4v) is 1.54. The summed E-state index contributed by atoms with van der Waals surface area (Å²) in [5.74, 6) is -0.105. The second-order valence-corrected chi connectivity index (χ2v) is 3.48. The number of carbonyl (C=O) groups excluding carboxylic acids is 1. The summed E-state index contributed by atoms with van der Waals surface area (Å²) in [6.07, 6.45) is 4.03. The van der Waals surface area contributed by atoms with Gasteiger partial charge in [-0.25, -0.2) is 0 Å². The number of para-hydroxylation sites is 1. The van der Waals surface area contributed by atoms with E-state index in [0.717, 1.165) is 17.4 Å². The van der Waals surface area contributed by atoms with Crippen LogP contribution in [-0.2, 0) is 0 Å². The van der Waals surface area contributed by atoms with Gasteiger partial charge in [-0.2, -0.15) is 0 Å². The molecule has 82 valence electrons. The first-order valence-corrected chi connectivity index (χ1v) is 5.18. The Hall–Kier alpha value is -2.03. The molecule has 2 aromatic rings. The van der Waals surface area contributed by atoms with Gasteiger partial charge < -0.3 is 9.73 Å². The third kappa shape index (κ3) is 1.98. The van der Waals surface area contributed by atoms with Crippen LogP contribution in [0.4, 0.5) is 0 Å². The van der Waals surface area contributed by atoms with Crippen LogP contribution in [0.15, 0.2) is 47.6 Å². The molecular formula is C13H13NO2. The van der Waals surface area contributed by atoms with E-state index in [1.54, 1.807) is 6.08 Å². The fraction of sp³-hybridized carbons (Fsp3) is 0.154.